The molecule has 1 aliphatic heterocycles. The fraction of sp³-hybridized carbons (Fsp3) is 0.308. The summed E-state index contributed by atoms with van der Waals surface area (Å²) in [4.78, 5) is 4.76. The largest absolute Gasteiger partial charge is 0.289 e. The second kappa shape index (κ2) is 6.60. The van der Waals surface area contributed by atoms with Gasteiger partial charge in [0.25, 0.3) is 0 Å². The number of nitrogens with zero attached hydrogens (tertiary/aromatic N) is 2. The van der Waals surface area contributed by atoms with Gasteiger partial charge in [-0.15, -0.1) is 0 Å². The Balaban J connectivity index is 1.41. The van der Waals surface area contributed by atoms with Crippen LogP contribution in [0.15, 0.2) is 59.6 Å². The SMILES string of the molecule is CC(C)C1=NCCc2cc(C3CC3c3ccc4cc(C#N)ccc4c3)ccc21. The van der Waals surface area contributed by atoms with Crippen LogP contribution < -0.4 is 0 Å². The molecule has 1 heterocycles. The molecular formula is C26H24N2. The van der Waals surface area contributed by atoms with Gasteiger partial charge in [-0.2, -0.15) is 5.26 Å². The van der Waals surface area contributed by atoms with Gasteiger partial charge in [0, 0.05) is 12.3 Å². The van der Waals surface area contributed by atoms with Gasteiger partial charge >= 0.3 is 0 Å². The normalized spacial score (nSPS) is 20.6. The molecule has 3 aromatic carbocycles. The number of aliphatic imine (C=N–C) groups is 1. The van der Waals surface area contributed by atoms with Crippen LogP contribution in [0.1, 0.15) is 59.9 Å². The first-order valence-corrected chi connectivity index (χ1v) is 10.3. The van der Waals surface area contributed by atoms with E-state index in [4.69, 9.17) is 10.3 Å². The molecule has 0 N–H and O–H groups in total. The van der Waals surface area contributed by atoms with E-state index >= 15 is 0 Å². The van der Waals surface area contributed by atoms with Crippen molar-refractivity contribution in [3.05, 3.63) is 82.4 Å². The summed E-state index contributed by atoms with van der Waals surface area (Å²) in [6.07, 6.45) is 2.29. The van der Waals surface area contributed by atoms with Crippen molar-refractivity contribution in [3.63, 3.8) is 0 Å². The number of rotatable bonds is 3. The van der Waals surface area contributed by atoms with Gasteiger partial charge in [0.15, 0.2) is 0 Å². The van der Waals surface area contributed by atoms with Gasteiger partial charge in [-0.25, -0.2) is 0 Å². The monoisotopic (exact) mass is 364 g/mol. The molecule has 1 fully saturated rings. The molecular weight excluding hydrogens is 340 g/mol. The third kappa shape index (κ3) is 2.92. The third-order valence-electron chi connectivity index (χ3n) is 6.26. The molecule has 0 amide bonds. The molecule has 138 valence electrons. The summed E-state index contributed by atoms with van der Waals surface area (Å²) in [5.41, 5.74) is 7.73. The zero-order chi connectivity index (χ0) is 19.3. The summed E-state index contributed by atoms with van der Waals surface area (Å²) >= 11 is 0. The van der Waals surface area contributed by atoms with Crippen molar-refractivity contribution in [2.24, 2.45) is 10.9 Å². The Morgan fingerprint density at radius 2 is 1.64 bits per heavy atom. The van der Waals surface area contributed by atoms with E-state index in [1.165, 1.54) is 39.8 Å². The van der Waals surface area contributed by atoms with E-state index in [0.717, 1.165) is 23.9 Å². The van der Waals surface area contributed by atoms with Crippen LogP contribution in [0, 0.1) is 17.2 Å². The maximum atomic E-state index is 9.08. The highest BCUT2D eigenvalue weighted by atomic mass is 14.8. The zero-order valence-corrected chi connectivity index (χ0v) is 16.4. The molecule has 2 atom stereocenters. The first kappa shape index (κ1) is 17.2. The molecule has 3 aromatic rings. The van der Waals surface area contributed by atoms with Crippen LogP contribution >= 0.6 is 0 Å². The van der Waals surface area contributed by atoms with Crippen LogP contribution in [0.25, 0.3) is 10.8 Å². The molecule has 2 nitrogen and oxygen atoms in total. The number of benzene rings is 3. The topological polar surface area (TPSA) is 36.1 Å². The van der Waals surface area contributed by atoms with Crippen molar-refractivity contribution in [1.29, 1.82) is 5.26 Å². The first-order valence-electron chi connectivity index (χ1n) is 10.3. The van der Waals surface area contributed by atoms with Crippen LogP contribution in [-0.2, 0) is 6.42 Å². The predicted molar refractivity (Wildman–Crippen MR) is 115 cm³/mol. The van der Waals surface area contributed by atoms with Crippen molar-refractivity contribution >= 4 is 16.5 Å². The minimum atomic E-state index is 0.484. The second-order valence-corrected chi connectivity index (χ2v) is 8.47. The summed E-state index contributed by atoms with van der Waals surface area (Å²) < 4.78 is 0. The summed E-state index contributed by atoms with van der Waals surface area (Å²) in [5, 5.41) is 11.5. The van der Waals surface area contributed by atoms with Crippen molar-refractivity contribution in [2.45, 2.75) is 38.5 Å². The zero-order valence-electron chi connectivity index (χ0n) is 16.4. The van der Waals surface area contributed by atoms with Crippen LogP contribution in [0.3, 0.4) is 0 Å². The number of hydrogen-bond acceptors (Lipinski definition) is 2. The molecule has 5 rings (SSSR count). The van der Waals surface area contributed by atoms with E-state index in [-0.39, 0.29) is 0 Å². The average molecular weight is 364 g/mol. The van der Waals surface area contributed by atoms with Crippen LogP contribution in [0.4, 0.5) is 0 Å². The van der Waals surface area contributed by atoms with Gasteiger partial charge in [0.05, 0.1) is 11.6 Å². The molecule has 28 heavy (non-hydrogen) atoms. The lowest BCUT2D eigenvalue weighted by Gasteiger charge is -2.20. The molecule has 0 spiro atoms. The summed E-state index contributed by atoms with van der Waals surface area (Å²) in [6, 6.07) is 22.0. The van der Waals surface area contributed by atoms with Gasteiger partial charge < -0.3 is 0 Å². The Bertz CT molecular complexity index is 1150. The molecule has 2 aliphatic rings. The van der Waals surface area contributed by atoms with Crippen molar-refractivity contribution < 1.29 is 0 Å². The van der Waals surface area contributed by atoms with E-state index in [2.05, 4.69) is 62.4 Å². The molecule has 0 bridgehead atoms. The fourth-order valence-electron chi connectivity index (χ4n) is 4.67. The quantitative estimate of drug-likeness (QED) is 0.563. The predicted octanol–water partition coefficient (Wildman–Crippen LogP) is 5.98. The van der Waals surface area contributed by atoms with E-state index in [9.17, 15) is 0 Å². The maximum absolute atomic E-state index is 9.08. The molecule has 0 aromatic heterocycles. The second-order valence-electron chi connectivity index (χ2n) is 8.47. The summed E-state index contributed by atoms with van der Waals surface area (Å²) in [5.74, 6) is 1.72. The molecule has 0 saturated heterocycles. The smallest absolute Gasteiger partial charge is 0.0991 e. The summed E-state index contributed by atoms with van der Waals surface area (Å²) in [7, 11) is 0. The van der Waals surface area contributed by atoms with Gasteiger partial charge in [0.2, 0.25) is 0 Å². The van der Waals surface area contributed by atoms with E-state index in [1.807, 2.05) is 12.1 Å². The van der Waals surface area contributed by atoms with Gasteiger partial charge in [0.1, 0.15) is 0 Å². The van der Waals surface area contributed by atoms with E-state index in [0.29, 0.717) is 17.8 Å². The highest BCUT2D eigenvalue weighted by Crippen LogP contribution is 2.55. The maximum Gasteiger partial charge on any atom is 0.0991 e. The Morgan fingerprint density at radius 1 is 0.929 bits per heavy atom. The minimum absolute atomic E-state index is 0.484. The molecule has 2 heteroatoms. The molecule has 1 aliphatic carbocycles. The van der Waals surface area contributed by atoms with Crippen LogP contribution in [-0.4, -0.2) is 12.3 Å². The van der Waals surface area contributed by atoms with E-state index in [1.54, 1.807) is 0 Å². The number of fused-ring (bicyclic) bond motifs is 2. The summed E-state index contributed by atoms with van der Waals surface area (Å²) in [6.45, 7) is 5.39. The lowest BCUT2D eigenvalue weighted by molar-refractivity contribution is 0.837. The molecule has 1 saturated carbocycles. The lowest BCUT2D eigenvalue weighted by atomic mass is 9.89. The van der Waals surface area contributed by atoms with Crippen molar-refractivity contribution in [1.82, 2.24) is 0 Å². The van der Waals surface area contributed by atoms with Gasteiger partial charge in [-0.05, 0) is 75.8 Å². The van der Waals surface area contributed by atoms with E-state index < -0.39 is 0 Å². The molecule has 2 unspecified atom stereocenters. The fourth-order valence-corrected chi connectivity index (χ4v) is 4.67. The average Bonchev–Trinajstić information content (AvgIpc) is 3.53. The highest BCUT2D eigenvalue weighted by Gasteiger charge is 2.39. The Hall–Kier alpha value is -2.92. The Labute approximate surface area is 166 Å². The lowest BCUT2D eigenvalue weighted by Crippen LogP contribution is -2.18. The van der Waals surface area contributed by atoms with Crippen molar-refractivity contribution in [3.8, 4) is 6.07 Å². The molecule has 0 radical (unpaired) electrons. The number of hydrogen-bond donors (Lipinski definition) is 0. The number of nitriles is 1. The van der Waals surface area contributed by atoms with Crippen LogP contribution in [0.2, 0.25) is 0 Å². The first-order chi connectivity index (χ1) is 13.6. The standard InChI is InChI=1S/C26H24N2/c1-16(2)26-23-8-7-21(13-22(23)9-10-28-26)25-14-24(25)20-6-5-18-11-17(15-27)3-4-19(18)12-20/h3-8,11-13,16,24-25H,9-10,14H2,1-2H3. The third-order valence-corrected chi connectivity index (χ3v) is 6.26. The van der Waals surface area contributed by atoms with Crippen molar-refractivity contribution in [2.75, 3.05) is 6.54 Å². The van der Waals surface area contributed by atoms with Gasteiger partial charge in [-0.1, -0.05) is 56.3 Å². The Kier molecular flexibility index (Phi) is 4.05. The van der Waals surface area contributed by atoms with Gasteiger partial charge in [-0.3, -0.25) is 4.99 Å². The highest BCUT2D eigenvalue weighted by molar-refractivity contribution is 6.03. The Morgan fingerprint density at radius 3 is 2.43 bits per heavy atom. The van der Waals surface area contributed by atoms with Crippen LogP contribution in [0.5, 0.6) is 0 Å². The minimum Gasteiger partial charge on any atom is -0.289 e.